The van der Waals surface area contributed by atoms with Crippen LogP contribution in [0.5, 0.6) is 0 Å². The van der Waals surface area contributed by atoms with Gasteiger partial charge in [0, 0.05) is 35.5 Å². The third-order valence-corrected chi connectivity index (χ3v) is 5.70. The van der Waals surface area contributed by atoms with Crippen LogP contribution in [-0.2, 0) is 6.42 Å². The third kappa shape index (κ3) is 3.91. The van der Waals surface area contributed by atoms with Crippen molar-refractivity contribution in [3.8, 4) is 17.2 Å². The molecular weight excluding hydrogens is 428 g/mol. The number of nitriles is 1. The molecule has 32 heavy (non-hydrogen) atoms. The molecule has 0 aliphatic heterocycles. The summed E-state index contributed by atoms with van der Waals surface area (Å²) in [5.74, 6) is 0. The van der Waals surface area contributed by atoms with Crippen molar-refractivity contribution in [3.63, 3.8) is 0 Å². The van der Waals surface area contributed by atoms with E-state index in [2.05, 4.69) is 11.1 Å². The lowest BCUT2D eigenvalue weighted by Gasteiger charge is -2.23. The highest BCUT2D eigenvalue weighted by Gasteiger charge is 2.24. The summed E-state index contributed by atoms with van der Waals surface area (Å²) in [6.07, 6.45) is 4.06. The molecule has 4 rings (SSSR count). The second kappa shape index (κ2) is 8.53. The van der Waals surface area contributed by atoms with Gasteiger partial charge in [0.25, 0.3) is 11.4 Å². The van der Waals surface area contributed by atoms with Crippen molar-refractivity contribution >= 4 is 35.2 Å². The van der Waals surface area contributed by atoms with Crippen LogP contribution >= 0.6 is 12.2 Å². The monoisotopic (exact) mass is 444 g/mol. The number of hydrogen-bond donors (Lipinski definition) is 1. The fraction of sp³-hybridized carbons (Fsp3) is 0.130. The quantitative estimate of drug-likeness (QED) is 0.300. The molecule has 3 aromatic rings. The summed E-state index contributed by atoms with van der Waals surface area (Å²) in [6, 6.07) is 14.7. The minimum atomic E-state index is -0.473. The first-order valence-corrected chi connectivity index (χ1v) is 10.2. The van der Waals surface area contributed by atoms with Crippen molar-refractivity contribution in [1.29, 1.82) is 5.26 Å². The van der Waals surface area contributed by atoms with Gasteiger partial charge in [-0.05, 0) is 47.6 Å². The lowest BCUT2D eigenvalue weighted by atomic mass is 9.84. The average molecular weight is 444 g/mol. The summed E-state index contributed by atoms with van der Waals surface area (Å²) in [5.41, 5.74) is 4.57. The zero-order valence-electron chi connectivity index (χ0n) is 16.7. The molecular formula is C23H16N4O4S. The SMILES string of the molecule is N#Cc1c(-c2cccc([N+](=O)[O-])c2)c2c([nH]c1=S)/C(=C\c1cccc([N+](=O)[O-])c1)CCC2. The van der Waals surface area contributed by atoms with E-state index in [0.717, 1.165) is 29.7 Å². The van der Waals surface area contributed by atoms with Gasteiger partial charge in [-0.1, -0.05) is 36.5 Å². The summed E-state index contributed by atoms with van der Waals surface area (Å²) in [6.45, 7) is 0. The van der Waals surface area contributed by atoms with E-state index in [4.69, 9.17) is 12.2 Å². The highest BCUT2D eigenvalue weighted by Crippen LogP contribution is 2.39. The first kappa shape index (κ1) is 21.1. The molecule has 0 amide bonds. The lowest BCUT2D eigenvalue weighted by Crippen LogP contribution is -2.09. The van der Waals surface area contributed by atoms with Crippen molar-refractivity contribution in [1.82, 2.24) is 4.98 Å². The Labute approximate surface area is 187 Å². The molecule has 1 aromatic heterocycles. The second-order valence-corrected chi connectivity index (χ2v) is 7.76. The number of fused-ring (bicyclic) bond motifs is 1. The van der Waals surface area contributed by atoms with Gasteiger partial charge >= 0.3 is 0 Å². The Morgan fingerprint density at radius 1 is 1.03 bits per heavy atom. The smallest absolute Gasteiger partial charge is 0.270 e. The molecule has 158 valence electrons. The molecule has 0 unspecified atom stereocenters. The van der Waals surface area contributed by atoms with Gasteiger partial charge in [0.2, 0.25) is 0 Å². The molecule has 8 nitrogen and oxygen atoms in total. The van der Waals surface area contributed by atoms with E-state index in [0.29, 0.717) is 23.1 Å². The maximum absolute atomic E-state index is 11.3. The van der Waals surface area contributed by atoms with Gasteiger partial charge in [-0.15, -0.1) is 0 Å². The number of aromatic nitrogens is 1. The first-order valence-electron chi connectivity index (χ1n) is 9.78. The van der Waals surface area contributed by atoms with Crippen LogP contribution in [0.25, 0.3) is 22.8 Å². The normalized spacial score (nSPS) is 13.9. The molecule has 0 bridgehead atoms. The van der Waals surface area contributed by atoms with Crippen molar-refractivity contribution in [2.45, 2.75) is 19.3 Å². The number of H-pyrrole nitrogens is 1. The Bertz CT molecular complexity index is 1400. The van der Waals surface area contributed by atoms with E-state index in [1.54, 1.807) is 24.3 Å². The molecule has 0 radical (unpaired) electrons. The Morgan fingerprint density at radius 2 is 1.72 bits per heavy atom. The summed E-state index contributed by atoms with van der Waals surface area (Å²) in [4.78, 5) is 24.6. The van der Waals surface area contributed by atoms with Crippen LogP contribution in [0.2, 0.25) is 0 Å². The van der Waals surface area contributed by atoms with Gasteiger partial charge < -0.3 is 4.98 Å². The number of aromatic amines is 1. The van der Waals surface area contributed by atoms with Crippen LogP contribution in [0, 0.1) is 36.2 Å². The highest BCUT2D eigenvalue weighted by molar-refractivity contribution is 7.71. The predicted octanol–water partition coefficient (Wildman–Crippen LogP) is 5.98. The summed E-state index contributed by atoms with van der Waals surface area (Å²) in [5, 5.41) is 32.2. The van der Waals surface area contributed by atoms with Gasteiger partial charge in [0.1, 0.15) is 10.7 Å². The van der Waals surface area contributed by atoms with Gasteiger partial charge in [-0.2, -0.15) is 5.26 Å². The second-order valence-electron chi connectivity index (χ2n) is 7.35. The number of benzene rings is 2. The molecule has 0 atom stereocenters. The average Bonchev–Trinajstić information content (AvgIpc) is 2.79. The Balaban J connectivity index is 1.94. The largest absolute Gasteiger partial charge is 0.345 e. The van der Waals surface area contributed by atoms with Crippen LogP contribution in [0.3, 0.4) is 0 Å². The summed E-state index contributed by atoms with van der Waals surface area (Å²) >= 11 is 5.45. The van der Waals surface area contributed by atoms with Crippen LogP contribution in [0.15, 0.2) is 48.5 Å². The van der Waals surface area contributed by atoms with E-state index in [-0.39, 0.29) is 21.6 Å². The van der Waals surface area contributed by atoms with Crippen molar-refractivity contribution in [2.75, 3.05) is 0 Å². The molecule has 0 saturated carbocycles. The van der Waals surface area contributed by atoms with Gasteiger partial charge in [-0.3, -0.25) is 20.2 Å². The Hall–Kier alpha value is -4.16. The number of nitrogens with one attached hydrogen (secondary N) is 1. The Kier molecular flexibility index (Phi) is 5.62. The number of non-ortho nitro benzene ring substituents is 2. The zero-order chi connectivity index (χ0) is 22.8. The minimum absolute atomic E-state index is 0.000401. The number of rotatable bonds is 4. The third-order valence-electron chi connectivity index (χ3n) is 5.39. The number of allylic oxidation sites excluding steroid dienone is 1. The van der Waals surface area contributed by atoms with Crippen molar-refractivity contribution in [2.24, 2.45) is 0 Å². The molecule has 1 aliphatic carbocycles. The number of hydrogen-bond acceptors (Lipinski definition) is 6. The first-order chi connectivity index (χ1) is 15.4. The molecule has 0 spiro atoms. The molecule has 1 N–H and O–H groups in total. The predicted molar refractivity (Wildman–Crippen MR) is 122 cm³/mol. The van der Waals surface area contributed by atoms with Crippen LogP contribution < -0.4 is 0 Å². The van der Waals surface area contributed by atoms with Crippen LogP contribution in [0.1, 0.15) is 35.2 Å². The maximum atomic E-state index is 11.3. The number of nitro groups is 2. The maximum Gasteiger partial charge on any atom is 0.270 e. The van der Waals surface area contributed by atoms with Crippen molar-refractivity contribution in [3.05, 3.63) is 95.8 Å². The molecule has 9 heteroatoms. The number of nitro benzene ring substituents is 2. The fourth-order valence-corrected chi connectivity index (χ4v) is 4.27. The molecule has 0 saturated heterocycles. The van der Waals surface area contributed by atoms with E-state index in [1.807, 2.05) is 6.08 Å². The topological polar surface area (TPSA) is 126 Å². The molecule has 2 aromatic carbocycles. The Morgan fingerprint density at radius 3 is 2.41 bits per heavy atom. The van der Waals surface area contributed by atoms with Crippen LogP contribution in [-0.4, -0.2) is 14.8 Å². The van der Waals surface area contributed by atoms with Crippen molar-refractivity contribution < 1.29 is 9.85 Å². The summed E-state index contributed by atoms with van der Waals surface area (Å²) < 4.78 is 0.250. The molecule has 1 aliphatic rings. The lowest BCUT2D eigenvalue weighted by molar-refractivity contribution is -0.385. The van der Waals surface area contributed by atoms with Gasteiger partial charge in [0.05, 0.1) is 15.4 Å². The number of pyridine rings is 1. The van der Waals surface area contributed by atoms with E-state index < -0.39 is 9.85 Å². The standard InChI is InChI=1S/C23H16N4O4S/c24-13-20-21(15-5-2-8-18(12-15)27(30)31)19-9-3-6-16(22(19)25-23(20)32)10-14-4-1-7-17(11-14)26(28)29/h1-2,4-5,7-8,10-12H,3,6,9H2,(H,25,32)/b16-10-. The van der Waals surface area contributed by atoms with Crippen LogP contribution in [0.4, 0.5) is 11.4 Å². The zero-order valence-corrected chi connectivity index (χ0v) is 17.5. The summed E-state index contributed by atoms with van der Waals surface area (Å²) in [7, 11) is 0. The van der Waals surface area contributed by atoms with Gasteiger partial charge in [-0.25, -0.2) is 0 Å². The van der Waals surface area contributed by atoms with Gasteiger partial charge in [0.15, 0.2) is 0 Å². The number of nitrogens with zero attached hydrogens (tertiary/aromatic N) is 3. The van der Waals surface area contributed by atoms with E-state index in [9.17, 15) is 25.5 Å². The molecule has 1 heterocycles. The van der Waals surface area contributed by atoms with E-state index in [1.165, 1.54) is 24.3 Å². The van der Waals surface area contributed by atoms with E-state index >= 15 is 0 Å². The highest BCUT2D eigenvalue weighted by atomic mass is 32.1. The fourth-order valence-electron chi connectivity index (χ4n) is 4.02. The molecule has 0 fully saturated rings. The minimum Gasteiger partial charge on any atom is -0.345 e.